The van der Waals surface area contributed by atoms with Gasteiger partial charge in [-0.2, -0.15) is 0 Å². The first kappa shape index (κ1) is 12.1. The minimum Gasteiger partial charge on any atom is -0.501 e. The van der Waals surface area contributed by atoms with E-state index in [1.807, 2.05) is 0 Å². The number of hydrogen-bond donors (Lipinski definition) is 1. The molecule has 0 aliphatic heterocycles. The molecular formula is C11H18O2. The van der Waals surface area contributed by atoms with E-state index in [4.69, 9.17) is 4.74 Å². The SMILES string of the molecule is CCCCOC=CC#CC(C)(C)O. The fraction of sp³-hybridized carbons (Fsp3) is 0.636. The zero-order chi connectivity index (χ0) is 10.2. The Morgan fingerprint density at radius 2 is 2.15 bits per heavy atom. The van der Waals surface area contributed by atoms with Gasteiger partial charge in [0.05, 0.1) is 12.9 Å². The molecule has 0 rings (SSSR count). The van der Waals surface area contributed by atoms with E-state index in [9.17, 15) is 5.11 Å². The Bertz CT molecular complexity index is 200. The predicted molar refractivity (Wildman–Crippen MR) is 54.1 cm³/mol. The molecule has 0 atom stereocenters. The van der Waals surface area contributed by atoms with Crippen molar-refractivity contribution in [3.8, 4) is 11.8 Å². The highest BCUT2D eigenvalue weighted by atomic mass is 16.5. The number of allylic oxidation sites excluding steroid dienone is 1. The normalized spacial score (nSPS) is 11.1. The van der Waals surface area contributed by atoms with Crippen LogP contribution in [0, 0.1) is 11.8 Å². The number of aliphatic hydroxyl groups is 1. The van der Waals surface area contributed by atoms with Crippen molar-refractivity contribution in [1.82, 2.24) is 0 Å². The molecule has 13 heavy (non-hydrogen) atoms. The van der Waals surface area contributed by atoms with Gasteiger partial charge in [-0.05, 0) is 20.3 Å². The fourth-order valence-electron chi connectivity index (χ4n) is 0.596. The first-order valence-electron chi connectivity index (χ1n) is 4.58. The summed E-state index contributed by atoms with van der Waals surface area (Å²) in [5, 5.41) is 9.21. The summed E-state index contributed by atoms with van der Waals surface area (Å²) in [7, 11) is 0. The van der Waals surface area contributed by atoms with Gasteiger partial charge in [0.15, 0.2) is 0 Å². The van der Waals surface area contributed by atoms with Gasteiger partial charge in [-0.25, -0.2) is 0 Å². The van der Waals surface area contributed by atoms with Crippen molar-refractivity contribution in [1.29, 1.82) is 0 Å². The maximum absolute atomic E-state index is 9.21. The third-order valence-electron chi connectivity index (χ3n) is 1.24. The van der Waals surface area contributed by atoms with Gasteiger partial charge in [0.2, 0.25) is 0 Å². The van der Waals surface area contributed by atoms with Gasteiger partial charge < -0.3 is 9.84 Å². The number of unbranched alkanes of at least 4 members (excludes halogenated alkanes) is 1. The standard InChI is InChI=1S/C11H18O2/c1-4-5-9-13-10-7-6-8-11(2,3)12/h7,10,12H,4-5,9H2,1-3H3. The van der Waals surface area contributed by atoms with Crippen LogP contribution in [0.15, 0.2) is 12.3 Å². The fourth-order valence-corrected chi connectivity index (χ4v) is 0.596. The van der Waals surface area contributed by atoms with Crippen LogP contribution in [0.5, 0.6) is 0 Å². The van der Waals surface area contributed by atoms with E-state index in [1.54, 1.807) is 26.2 Å². The lowest BCUT2D eigenvalue weighted by Gasteiger charge is -2.04. The quantitative estimate of drug-likeness (QED) is 0.410. The second kappa shape index (κ2) is 6.56. The maximum Gasteiger partial charge on any atom is 0.120 e. The largest absolute Gasteiger partial charge is 0.501 e. The van der Waals surface area contributed by atoms with Gasteiger partial charge in [-0.3, -0.25) is 0 Å². The summed E-state index contributed by atoms with van der Waals surface area (Å²) >= 11 is 0. The average molecular weight is 182 g/mol. The van der Waals surface area contributed by atoms with E-state index >= 15 is 0 Å². The molecule has 0 saturated carbocycles. The summed E-state index contributed by atoms with van der Waals surface area (Å²) in [5.74, 6) is 5.35. The molecule has 0 spiro atoms. The molecule has 2 heteroatoms. The summed E-state index contributed by atoms with van der Waals surface area (Å²) in [4.78, 5) is 0. The van der Waals surface area contributed by atoms with E-state index in [2.05, 4.69) is 18.8 Å². The van der Waals surface area contributed by atoms with Crippen LogP contribution < -0.4 is 0 Å². The van der Waals surface area contributed by atoms with Gasteiger partial charge in [0, 0.05) is 6.08 Å². The predicted octanol–water partition coefficient (Wildman–Crippen LogP) is 2.09. The van der Waals surface area contributed by atoms with Crippen LogP contribution in [0.3, 0.4) is 0 Å². The number of ether oxygens (including phenoxy) is 1. The highest BCUT2D eigenvalue weighted by molar-refractivity contribution is 5.19. The molecule has 0 unspecified atom stereocenters. The van der Waals surface area contributed by atoms with Crippen molar-refractivity contribution in [2.45, 2.75) is 39.2 Å². The van der Waals surface area contributed by atoms with Crippen LogP contribution in [0.2, 0.25) is 0 Å². The first-order chi connectivity index (χ1) is 6.06. The van der Waals surface area contributed by atoms with Gasteiger partial charge in [0.25, 0.3) is 0 Å². The Kier molecular flexibility index (Phi) is 6.09. The van der Waals surface area contributed by atoms with E-state index in [0.29, 0.717) is 0 Å². The molecule has 2 nitrogen and oxygen atoms in total. The van der Waals surface area contributed by atoms with Crippen LogP contribution in [0.1, 0.15) is 33.6 Å². The third kappa shape index (κ3) is 11.1. The molecule has 0 aliphatic carbocycles. The van der Waals surface area contributed by atoms with E-state index in [-0.39, 0.29) is 0 Å². The molecule has 74 valence electrons. The molecule has 0 aromatic carbocycles. The summed E-state index contributed by atoms with van der Waals surface area (Å²) in [6.07, 6.45) is 5.36. The lowest BCUT2D eigenvalue weighted by Crippen LogP contribution is -2.14. The molecule has 0 aromatic heterocycles. The van der Waals surface area contributed by atoms with Crippen molar-refractivity contribution in [2.24, 2.45) is 0 Å². The lowest BCUT2D eigenvalue weighted by molar-refractivity contribution is 0.143. The lowest BCUT2D eigenvalue weighted by atomic mass is 10.1. The molecule has 1 N–H and O–H groups in total. The molecule has 0 aromatic rings. The molecular weight excluding hydrogens is 164 g/mol. The summed E-state index contributed by atoms with van der Waals surface area (Å²) in [6, 6.07) is 0. The second-order valence-electron chi connectivity index (χ2n) is 3.36. The highest BCUT2D eigenvalue weighted by Gasteiger charge is 2.04. The van der Waals surface area contributed by atoms with Crippen LogP contribution in [-0.2, 0) is 4.74 Å². The van der Waals surface area contributed by atoms with E-state index in [0.717, 1.165) is 19.4 Å². The van der Waals surface area contributed by atoms with Gasteiger partial charge in [-0.15, -0.1) is 0 Å². The molecule has 0 bridgehead atoms. The van der Waals surface area contributed by atoms with Gasteiger partial charge >= 0.3 is 0 Å². The van der Waals surface area contributed by atoms with Gasteiger partial charge in [-0.1, -0.05) is 25.2 Å². The third-order valence-corrected chi connectivity index (χ3v) is 1.24. The molecule has 0 fully saturated rings. The average Bonchev–Trinajstić information content (AvgIpc) is 2.01. The van der Waals surface area contributed by atoms with Crippen molar-refractivity contribution >= 4 is 0 Å². The zero-order valence-corrected chi connectivity index (χ0v) is 8.63. The summed E-state index contributed by atoms with van der Waals surface area (Å²) < 4.78 is 5.12. The molecule has 0 radical (unpaired) electrons. The summed E-state index contributed by atoms with van der Waals surface area (Å²) in [6.45, 7) is 6.13. The molecule has 0 aliphatic rings. The van der Waals surface area contributed by atoms with Crippen molar-refractivity contribution < 1.29 is 9.84 Å². The highest BCUT2D eigenvalue weighted by Crippen LogP contribution is 1.96. The number of hydrogen-bond acceptors (Lipinski definition) is 2. The Labute approximate surface area is 80.6 Å². The van der Waals surface area contributed by atoms with E-state index in [1.165, 1.54) is 0 Å². The minimum absolute atomic E-state index is 0.733. The molecule has 0 amide bonds. The van der Waals surface area contributed by atoms with Crippen molar-refractivity contribution in [3.63, 3.8) is 0 Å². The number of rotatable bonds is 4. The Morgan fingerprint density at radius 3 is 2.69 bits per heavy atom. The summed E-state index contributed by atoms with van der Waals surface area (Å²) in [5.41, 5.74) is -0.923. The van der Waals surface area contributed by atoms with Crippen LogP contribution in [0.25, 0.3) is 0 Å². The molecule has 0 saturated heterocycles. The van der Waals surface area contributed by atoms with Crippen LogP contribution in [0.4, 0.5) is 0 Å². The first-order valence-corrected chi connectivity index (χ1v) is 4.58. The van der Waals surface area contributed by atoms with Crippen LogP contribution >= 0.6 is 0 Å². The zero-order valence-electron chi connectivity index (χ0n) is 8.63. The Morgan fingerprint density at radius 1 is 1.46 bits per heavy atom. The van der Waals surface area contributed by atoms with Crippen molar-refractivity contribution in [3.05, 3.63) is 12.3 Å². The van der Waals surface area contributed by atoms with E-state index < -0.39 is 5.60 Å². The minimum atomic E-state index is -0.923. The van der Waals surface area contributed by atoms with Gasteiger partial charge in [0.1, 0.15) is 5.60 Å². The maximum atomic E-state index is 9.21. The Hall–Kier alpha value is -0.940. The second-order valence-corrected chi connectivity index (χ2v) is 3.36. The van der Waals surface area contributed by atoms with Crippen LogP contribution in [-0.4, -0.2) is 17.3 Å². The molecule has 0 heterocycles. The smallest absolute Gasteiger partial charge is 0.120 e. The van der Waals surface area contributed by atoms with Crippen molar-refractivity contribution in [2.75, 3.05) is 6.61 Å². The topological polar surface area (TPSA) is 29.5 Å². The monoisotopic (exact) mass is 182 g/mol. The Balaban J connectivity index is 3.55.